The first-order valence-electron chi connectivity index (χ1n) is 7.45. The zero-order valence-electron chi connectivity index (χ0n) is 12.9. The van der Waals surface area contributed by atoms with Crippen LogP contribution in [0.3, 0.4) is 0 Å². The molecule has 2 heterocycles. The van der Waals surface area contributed by atoms with Gasteiger partial charge in [0.25, 0.3) is 0 Å². The Morgan fingerprint density at radius 2 is 2.04 bits per heavy atom. The molecule has 24 heavy (non-hydrogen) atoms. The van der Waals surface area contributed by atoms with Gasteiger partial charge in [0.1, 0.15) is 12.1 Å². The van der Waals surface area contributed by atoms with Crippen molar-refractivity contribution in [2.24, 2.45) is 0 Å². The Kier molecular flexibility index (Phi) is 5.08. The van der Waals surface area contributed by atoms with E-state index >= 15 is 0 Å². The molecule has 1 aromatic carbocycles. The number of para-hydroxylation sites is 1. The van der Waals surface area contributed by atoms with Crippen molar-refractivity contribution in [3.05, 3.63) is 60.6 Å². The number of aromatic nitrogens is 5. The summed E-state index contributed by atoms with van der Waals surface area (Å²) in [7, 11) is 0. The lowest BCUT2D eigenvalue weighted by atomic mass is 10.2. The number of carbonyl (C=O) groups excluding carboxylic acids is 1. The Morgan fingerprint density at radius 1 is 1.17 bits per heavy atom. The van der Waals surface area contributed by atoms with E-state index in [-0.39, 0.29) is 5.91 Å². The van der Waals surface area contributed by atoms with Gasteiger partial charge in [-0.2, -0.15) is 0 Å². The average Bonchev–Trinajstić information content (AvgIpc) is 3.14. The van der Waals surface area contributed by atoms with Gasteiger partial charge in [-0.25, -0.2) is 9.67 Å². The van der Waals surface area contributed by atoms with Crippen LogP contribution in [0.1, 0.15) is 12.0 Å². The Labute approximate surface area is 138 Å². The number of tetrazole rings is 1. The molecule has 0 aliphatic rings. The minimum atomic E-state index is -0.0972. The van der Waals surface area contributed by atoms with Crippen molar-refractivity contribution in [3.63, 3.8) is 0 Å². The fourth-order valence-corrected chi connectivity index (χ4v) is 2.03. The van der Waals surface area contributed by atoms with E-state index < -0.39 is 0 Å². The SMILES string of the molecule is O=C(CCn1cnnn1)NCc1cccnc1Oc1ccccc1. The topological polar surface area (TPSA) is 94.8 Å². The molecule has 0 fully saturated rings. The summed E-state index contributed by atoms with van der Waals surface area (Å²) in [6.45, 7) is 0.768. The molecule has 0 radical (unpaired) electrons. The Bertz CT molecular complexity index is 776. The second kappa shape index (κ2) is 7.82. The summed E-state index contributed by atoms with van der Waals surface area (Å²) in [5.41, 5.74) is 0.803. The molecule has 0 unspecified atom stereocenters. The van der Waals surface area contributed by atoms with Gasteiger partial charge in [-0.3, -0.25) is 4.79 Å². The molecule has 0 atom stereocenters. The van der Waals surface area contributed by atoms with Gasteiger partial charge in [-0.05, 0) is 28.6 Å². The standard InChI is InChI=1S/C16H16N6O2/c23-15(8-10-22-12-19-20-21-22)18-11-13-5-4-9-17-16(13)24-14-6-2-1-3-7-14/h1-7,9,12H,8,10-11H2,(H,18,23). The number of rotatable bonds is 7. The molecule has 3 aromatic rings. The van der Waals surface area contributed by atoms with Gasteiger partial charge in [0.15, 0.2) is 0 Å². The van der Waals surface area contributed by atoms with Gasteiger partial charge in [-0.15, -0.1) is 5.10 Å². The third kappa shape index (κ3) is 4.35. The van der Waals surface area contributed by atoms with Crippen LogP contribution < -0.4 is 10.1 Å². The summed E-state index contributed by atoms with van der Waals surface area (Å²) in [4.78, 5) is 16.2. The highest BCUT2D eigenvalue weighted by atomic mass is 16.5. The number of hydrogen-bond acceptors (Lipinski definition) is 6. The lowest BCUT2D eigenvalue weighted by Gasteiger charge is -2.10. The van der Waals surface area contributed by atoms with E-state index in [1.54, 1.807) is 12.3 Å². The number of ether oxygens (including phenoxy) is 1. The summed E-state index contributed by atoms with van der Waals surface area (Å²) in [5, 5.41) is 13.6. The first-order valence-corrected chi connectivity index (χ1v) is 7.45. The van der Waals surface area contributed by atoms with Crippen LogP contribution in [0.4, 0.5) is 0 Å². The number of nitrogens with zero attached hydrogens (tertiary/aromatic N) is 5. The molecule has 0 aliphatic carbocycles. The van der Waals surface area contributed by atoms with Crippen molar-refractivity contribution >= 4 is 5.91 Å². The fourth-order valence-electron chi connectivity index (χ4n) is 2.03. The highest BCUT2D eigenvalue weighted by molar-refractivity contribution is 5.75. The molecule has 1 N–H and O–H groups in total. The van der Waals surface area contributed by atoms with Gasteiger partial charge in [0.2, 0.25) is 11.8 Å². The average molecular weight is 324 g/mol. The molecule has 8 nitrogen and oxygen atoms in total. The molecule has 0 bridgehead atoms. The van der Waals surface area contributed by atoms with Crippen molar-refractivity contribution in [1.29, 1.82) is 0 Å². The molecule has 8 heteroatoms. The van der Waals surface area contributed by atoms with Crippen molar-refractivity contribution in [2.75, 3.05) is 0 Å². The van der Waals surface area contributed by atoms with Gasteiger partial charge >= 0.3 is 0 Å². The highest BCUT2D eigenvalue weighted by Gasteiger charge is 2.08. The number of hydrogen-bond donors (Lipinski definition) is 1. The van der Waals surface area contributed by atoms with Crippen LogP contribution in [-0.2, 0) is 17.9 Å². The van der Waals surface area contributed by atoms with Crippen LogP contribution in [0.15, 0.2) is 55.0 Å². The second-order valence-corrected chi connectivity index (χ2v) is 4.98. The number of nitrogens with one attached hydrogen (secondary N) is 1. The molecule has 0 saturated carbocycles. The van der Waals surface area contributed by atoms with E-state index in [1.165, 1.54) is 11.0 Å². The van der Waals surface area contributed by atoms with E-state index in [1.807, 2.05) is 36.4 Å². The Balaban J connectivity index is 1.56. The number of amides is 1. The van der Waals surface area contributed by atoms with Crippen LogP contribution >= 0.6 is 0 Å². The molecule has 122 valence electrons. The summed E-state index contributed by atoms with van der Waals surface area (Å²) in [6.07, 6.45) is 3.42. The van der Waals surface area contributed by atoms with Gasteiger partial charge < -0.3 is 10.1 Å². The summed E-state index contributed by atoms with van der Waals surface area (Å²) < 4.78 is 7.28. The first-order chi connectivity index (χ1) is 11.8. The third-order valence-corrected chi connectivity index (χ3v) is 3.24. The fraction of sp³-hybridized carbons (Fsp3) is 0.188. The highest BCUT2D eigenvalue weighted by Crippen LogP contribution is 2.22. The molecule has 1 amide bonds. The summed E-state index contributed by atoms with van der Waals surface area (Å²) in [5.74, 6) is 1.08. The molecule has 2 aromatic heterocycles. The maximum absolute atomic E-state index is 11.9. The van der Waals surface area contributed by atoms with Crippen LogP contribution in [-0.4, -0.2) is 31.1 Å². The van der Waals surface area contributed by atoms with Crippen LogP contribution in [0.5, 0.6) is 11.6 Å². The van der Waals surface area contributed by atoms with E-state index in [9.17, 15) is 4.79 Å². The van der Waals surface area contributed by atoms with E-state index in [2.05, 4.69) is 25.8 Å². The smallest absolute Gasteiger partial charge is 0.224 e. The van der Waals surface area contributed by atoms with E-state index in [0.717, 1.165) is 5.56 Å². The first kappa shape index (κ1) is 15.6. The molecule has 0 spiro atoms. The molecular weight excluding hydrogens is 308 g/mol. The van der Waals surface area contributed by atoms with Crippen LogP contribution in [0, 0.1) is 0 Å². The minimum absolute atomic E-state index is 0.0972. The second-order valence-electron chi connectivity index (χ2n) is 4.98. The number of aryl methyl sites for hydroxylation is 1. The van der Waals surface area contributed by atoms with Crippen molar-refractivity contribution in [3.8, 4) is 11.6 Å². The maximum Gasteiger partial charge on any atom is 0.224 e. The summed E-state index contributed by atoms with van der Waals surface area (Å²) >= 11 is 0. The van der Waals surface area contributed by atoms with Gasteiger partial charge in [0, 0.05) is 24.7 Å². The quantitative estimate of drug-likeness (QED) is 0.709. The zero-order valence-corrected chi connectivity index (χ0v) is 12.9. The van der Waals surface area contributed by atoms with Crippen molar-refractivity contribution in [2.45, 2.75) is 19.5 Å². The molecular formula is C16H16N6O2. The van der Waals surface area contributed by atoms with Gasteiger partial charge in [0.05, 0.1) is 6.54 Å². The maximum atomic E-state index is 11.9. The monoisotopic (exact) mass is 324 g/mol. The lowest BCUT2D eigenvalue weighted by molar-refractivity contribution is -0.121. The number of pyridine rings is 1. The Hall–Kier alpha value is -3.29. The van der Waals surface area contributed by atoms with Crippen LogP contribution in [0.25, 0.3) is 0 Å². The summed E-state index contributed by atoms with van der Waals surface area (Å²) in [6, 6.07) is 13.1. The predicted molar refractivity (Wildman–Crippen MR) is 85.0 cm³/mol. The molecule has 3 rings (SSSR count). The largest absolute Gasteiger partial charge is 0.439 e. The third-order valence-electron chi connectivity index (χ3n) is 3.24. The lowest BCUT2D eigenvalue weighted by Crippen LogP contribution is -2.24. The minimum Gasteiger partial charge on any atom is -0.439 e. The Morgan fingerprint density at radius 3 is 2.83 bits per heavy atom. The van der Waals surface area contributed by atoms with Gasteiger partial charge in [-0.1, -0.05) is 24.3 Å². The zero-order chi connectivity index (χ0) is 16.6. The van der Waals surface area contributed by atoms with E-state index in [4.69, 9.17) is 4.74 Å². The van der Waals surface area contributed by atoms with Crippen molar-refractivity contribution < 1.29 is 9.53 Å². The molecule has 0 saturated heterocycles. The van der Waals surface area contributed by atoms with Crippen molar-refractivity contribution in [1.82, 2.24) is 30.5 Å². The van der Waals surface area contributed by atoms with Crippen LogP contribution in [0.2, 0.25) is 0 Å². The number of carbonyl (C=O) groups is 1. The number of benzene rings is 1. The molecule has 0 aliphatic heterocycles. The normalized spacial score (nSPS) is 10.3. The predicted octanol–water partition coefficient (Wildman–Crippen LogP) is 1.57. The van der Waals surface area contributed by atoms with E-state index in [0.29, 0.717) is 31.1 Å².